The Morgan fingerprint density at radius 2 is 0.938 bits per heavy atom. The quantitative estimate of drug-likeness (QED) is 0.0232. The number of allylic oxidation sites excluding steroid dienone is 5. The highest BCUT2D eigenvalue weighted by molar-refractivity contribution is 5.80. The molecule has 0 bridgehead atoms. The molecule has 382 valence electrons. The van der Waals surface area contributed by atoms with Crippen LogP contribution in [0.15, 0.2) is 36.5 Å². The van der Waals surface area contributed by atoms with Crippen molar-refractivity contribution < 1.29 is 44.9 Å². The Bertz CT molecular complexity index is 1130. The van der Waals surface area contributed by atoms with Crippen LogP contribution >= 0.6 is 0 Å². The third-order valence-corrected chi connectivity index (χ3v) is 13.1. The lowest BCUT2D eigenvalue weighted by Crippen LogP contribution is -2.60. The van der Waals surface area contributed by atoms with Crippen LogP contribution in [0.5, 0.6) is 0 Å². The smallest absolute Gasteiger partial charge is 0.249 e. The molecule has 8 atom stereocenters. The van der Waals surface area contributed by atoms with E-state index in [4.69, 9.17) is 9.47 Å². The lowest BCUT2D eigenvalue weighted by atomic mass is 9.99. The normalized spacial score (nSPS) is 20.6. The summed E-state index contributed by atoms with van der Waals surface area (Å²) in [5.41, 5.74) is 0. The van der Waals surface area contributed by atoms with Crippen molar-refractivity contribution in [3.05, 3.63) is 36.5 Å². The van der Waals surface area contributed by atoms with Crippen molar-refractivity contribution in [3.8, 4) is 0 Å². The van der Waals surface area contributed by atoms with Crippen molar-refractivity contribution in [2.45, 2.75) is 294 Å². The number of rotatable bonds is 46. The average molecular weight is 922 g/mol. The van der Waals surface area contributed by atoms with Crippen molar-refractivity contribution >= 4 is 5.91 Å². The van der Waals surface area contributed by atoms with Crippen molar-refractivity contribution in [3.63, 3.8) is 0 Å². The Morgan fingerprint density at radius 1 is 0.538 bits per heavy atom. The molecule has 1 saturated heterocycles. The second-order valence-electron chi connectivity index (χ2n) is 19.2. The van der Waals surface area contributed by atoms with Gasteiger partial charge in [0.15, 0.2) is 6.29 Å². The molecular weight excluding hydrogens is 819 g/mol. The summed E-state index contributed by atoms with van der Waals surface area (Å²) in [6, 6.07) is -0.979. The zero-order chi connectivity index (χ0) is 47.4. The summed E-state index contributed by atoms with van der Waals surface area (Å²) >= 11 is 0. The molecule has 8 unspecified atom stereocenters. The molecule has 0 aromatic carbocycles. The Kier molecular flexibility index (Phi) is 42.4. The first kappa shape index (κ1) is 61.4. The summed E-state index contributed by atoms with van der Waals surface area (Å²) in [6.07, 6.45) is 46.8. The summed E-state index contributed by atoms with van der Waals surface area (Å²) in [4.78, 5) is 13.1. The molecule has 1 rings (SSSR count). The first-order valence-electron chi connectivity index (χ1n) is 27.3. The van der Waals surface area contributed by atoms with Gasteiger partial charge in [-0.3, -0.25) is 4.79 Å². The fourth-order valence-electron chi connectivity index (χ4n) is 8.61. The molecule has 1 aliphatic rings. The minimum absolute atomic E-state index is 0.305. The number of carbonyl (C=O) groups excluding carboxylic acids is 1. The van der Waals surface area contributed by atoms with Crippen LogP contribution in [0.1, 0.15) is 245 Å². The molecule has 10 nitrogen and oxygen atoms in total. The van der Waals surface area contributed by atoms with Gasteiger partial charge in [-0.1, -0.05) is 230 Å². The number of ether oxygens (including phenoxy) is 2. The van der Waals surface area contributed by atoms with Gasteiger partial charge in [0.05, 0.1) is 25.4 Å². The van der Waals surface area contributed by atoms with E-state index < -0.39 is 61.5 Å². The minimum atomic E-state index is -1.61. The molecule has 0 radical (unpaired) electrons. The van der Waals surface area contributed by atoms with Crippen LogP contribution < -0.4 is 5.32 Å². The summed E-state index contributed by atoms with van der Waals surface area (Å²) in [6.45, 7) is 3.61. The van der Waals surface area contributed by atoms with E-state index in [9.17, 15) is 35.4 Å². The zero-order valence-corrected chi connectivity index (χ0v) is 41.9. The largest absolute Gasteiger partial charge is 0.394 e. The van der Waals surface area contributed by atoms with E-state index >= 15 is 0 Å². The minimum Gasteiger partial charge on any atom is -0.394 e. The number of carbonyl (C=O) groups is 1. The monoisotopic (exact) mass is 922 g/mol. The fourth-order valence-corrected chi connectivity index (χ4v) is 8.61. The van der Waals surface area contributed by atoms with E-state index in [0.29, 0.717) is 12.8 Å². The van der Waals surface area contributed by atoms with Crippen molar-refractivity contribution in [1.29, 1.82) is 0 Å². The highest BCUT2D eigenvalue weighted by atomic mass is 16.7. The Balaban J connectivity index is 2.22. The molecule has 7 N–H and O–H groups in total. The van der Waals surface area contributed by atoms with Gasteiger partial charge in [-0.25, -0.2) is 0 Å². The lowest BCUT2D eigenvalue weighted by molar-refractivity contribution is -0.302. The second kappa shape index (κ2) is 44.9. The average Bonchev–Trinajstić information content (AvgIpc) is 3.31. The highest BCUT2D eigenvalue weighted by Crippen LogP contribution is 2.23. The number of hydrogen-bond acceptors (Lipinski definition) is 9. The third-order valence-electron chi connectivity index (χ3n) is 13.1. The van der Waals surface area contributed by atoms with Gasteiger partial charge in [0, 0.05) is 0 Å². The number of hydrogen-bond donors (Lipinski definition) is 7. The molecule has 0 saturated carbocycles. The molecule has 0 aliphatic carbocycles. The maximum atomic E-state index is 13.1. The Labute approximate surface area is 398 Å². The SMILES string of the molecule is CCCCCCCCCCC/C=C\C/C=C\CCCCCCCCCCCCCCC(O)C(=O)NC(COC1OC(CO)C(O)C(O)C1O)C(O)/C=C/CCCCCCCCCCCC. The molecule has 1 heterocycles. The van der Waals surface area contributed by atoms with E-state index in [1.54, 1.807) is 6.08 Å². The molecule has 1 fully saturated rings. The van der Waals surface area contributed by atoms with Crippen LogP contribution in [0.25, 0.3) is 0 Å². The number of aliphatic hydroxyl groups excluding tert-OH is 6. The first-order chi connectivity index (χ1) is 31.8. The zero-order valence-electron chi connectivity index (χ0n) is 41.9. The molecule has 65 heavy (non-hydrogen) atoms. The maximum absolute atomic E-state index is 13.1. The fraction of sp³-hybridized carbons (Fsp3) is 0.873. The van der Waals surface area contributed by atoms with Crippen molar-refractivity contribution in [2.24, 2.45) is 0 Å². The van der Waals surface area contributed by atoms with Gasteiger partial charge < -0.3 is 45.4 Å². The van der Waals surface area contributed by atoms with Crippen LogP contribution in [0.2, 0.25) is 0 Å². The van der Waals surface area contributed by atoms with Crippen LogP contribution in [-0.2, 0) is 14.3 Å². The Morgan fingerprint density at radius 3 is 1.37 bits per heavy atom. The molecule has 1 amide bonds. The van der Waals surface area contributed by atoms with Crippen LogP contribution in [0.4, 0.5) is 0 Å². The van der Waals surface area contributed by atoms with Crippen LogP contribution in [0.3, 0.4) is 0 Å². The molecule has 0 aromatic heterocycles. The van der Waals surface area contributed by atoms with Gasteiger partial charge in [-0.15, -0.1) is 0 Å². The van der Waals surface area contributed by atoms with E-state index in [1.165, 1.54) is 173 Å². The number of unbranched alkanes of at least 4 members (excludes halogenated alkanes) is 31. The van der Waals surface area contributed by atoms with E-state index in [-0.39, 0.29) is 6.61 Å². The summed E-state index contributed by atoms with van der Waals surface area (Å²) in [7, 11) is 0. The highest BCUT2D eigenvalue weighted by Gasteiger charge is 2.44. The summed E-state index contributed by atoms with van der Waals surface area (Å²) < 4.78 is 11.2. The van der Waals surface area contributed by atoms with Crippen molar-refractivity contribution in [2.75, 3.05) is 13.2 Å². The van der Waals surface area contributed by atoms with E-state index in [2.05, 4.69) is 43.5 Å². The first-order valence-corrected chi connectivity index (χ1v) is 27.3. The summed E-state index contributed by atoms with van der Waals surface area (Å²) in [5, 5.41) is 64.8. The van der Waals surface area contributed by atoms with Gasteiger partial charge in [0.25, 0.3) is 0 Å². The molecule has 1 aliphatic heterocycles. The maximum Gasteiger partial charge on any atom is 0.249 e. The van der Waals surface area contributed by atoms with E-state index in [1.807, 2.05) is 6.08 Å². The van der Waals surface area contributed by atoms with Crippen LogP contribution in [0, 0.1) is 0 Å². The number of nitrogens with one attached hydrogen (secondary N) is 1. The Hall–Kier alpha value is -1.63. The molecule has 10 heteroatoms. The number of amides is 1. The predicted octanol–water partition coefficient (Wildman–Crippen LogP) is 11.8. The van der Waals surface area contributed by atoms with Gasteiger partial charge in [-0.2, -0.15) is 0 Å². The van der Waals surface area contributed by atoms with Crippen LogP contribution in [-0.4, -0.2) is 98.7 Å². The van der Waals surface area contributed by atoms with Gasteiger partial charge >= 0.3 is 0 Å². The third kappa shape index (κ3) is 34.3. The molecule has 0 spiro atoms. The predicted molar refractivity (Wildman–Crippen MR) is 269 cm³/mol. The van der Waals surface area contributed by atoms with E-state index in [0.717, 1.165) is 44.9 Å². The van der Waals surface area contributed by atoms with Gasteiger partial charge in [0.1, 0.15) is 30.5 Å². The topological polar surface area (TPSA) is 169 Å². The summed E-state index contributed by atoms with van der Waals surface area (Å²) in [5.74, 6) is -0.617. The van der Waals surface area contributed by atoms with Gasteiger partial charge in [-0.05, 0) is 51.4 Å². The standard InChI is InChI=1S/C55H103NO9/c1-3-5-7-9-11-13-15-17-18-19-20-21-22-23-24-25-26-27-28-29-30-31-32-34-36-38-40-42-44-49(59)54(63)56-47(46-64-55-53(62)52(61)51(60)50(45-57)65-55)48(58)43-41-39-37-35-33-16-14-12-10-8-6-4-2/h20-21,23-24,41,43,47-53,55,57-62H,3-19,22,25-40,42,44-46H2,1-2H3,(H,56,63)/b21-20-,24-23-,43-41+. The second-order valence-corrected chi connectivity index (χ2v) is 19.2. The lowest BCUT2D eigenvalue weighted by Gasteiger charge is -2.40. The molecular formula is C55H103NO9. The number of aliphatic hydroxyl groups is 6. The van der Waals surface area contributed by atoms with Crippen molar-refractivity contribution in [1.82, 2.24) is 5.32 Å². The van der Waals surface area contributed by atoms with Gasteiger partial charge in [0.2, 0.25) is 5.91 Å². The molecule has 0 aromatic rings.